The molecule has 0 aliphatic heterocycles. The van der Waals surface area contributed by atoms with Crippen molar-refractivity contribution in [2.24, 2.45) is 0 Å². The van der Waals surface area contributed by atoms with Crippen molar-refractivity contribution in [3.05, 3.63) is 22.2 Å². The van der Waals surface area contributed by atoms with Gasteiger partial charge in [0, 0.05) is 12.2 Å². The van der Waals surface area contributed by atoms with Crippen molar-refractivity contribution in [3.63, 3.8) is 0 Å². The molecule has 120 valence electrons. The van der Waals surface area contributed by atoms with Gasteiger partial charge in [-0.25, -0.2) is 0 Å². The fraction of sp³-hybridized carbons (Fsp3) is 0.625. The smallest absolute Gasteiger partial charge is 0.141 e. The molecule has 0 aromatic heterocycles. The molecule has 2 unspecified atom stereocenters. The Morgan fingerprint density at radius 1 is 1.19 bits per heavy atom. The predicted octanol–water partition coefficient (Wildman–Crippen LogP) is 3.93. The maximum atomic E-state index is 5.79. The van der Waals surface area contributed by atoms with E-state index in [1.54, 1.807) is 14.2 Å². The van der Waals surface area contributed by atoms with E-state index in [4.69, 9.17) is 14.2 Å². The van der Waals surface area contributed by atoms with Gasteiger partial charge >= 0.3 is 0 Å². The van der Waals surface area contributed by atoms with Gasteiger partial charge in [-0.2, -0.15) is 0 Å². The quantitative estimate of drug-likeness (QED) is 0.724. The van der Waals surface area contributed by atoms with Gasteiger partial charge in [0.25, 0.3) is 0 Å². The maximum Gasteiger partial charge on any atom is 0.141 e. The summed E-state index contributed by atoms with van der Waals surface area (Å²) in [5.74, 6) is 1.54. The molecule has 0 aliphatic rings. The molecule has 0 saturated heterocycles. The van der Waals surface area contributed by atoms with Crippen LogP contribution in [0, 0.1) is 0 Å². The van der Waals surface area contributed by atoms with Crippen molar-refractivity contribution in [1.82, 2.24) is 5.32 Å². The zero-order valence-electron chi connectivity index (χ0n) is 13.5. The van der Waals surface area contributed by atoms with Crippen molar-refractivity contribution in [2.75, 3.05) is 27.4 Å². The molecule has 1 aromatic rings. The highest BCUT2D eigenvalue weighted by Gasteiger charge is 2.25. The third-order valence-corrected chi connectivity index (χ3v) is 4.12. The molecule has 21 heavy (non-hydrogen) atoms. The Morgan fingerprint density at radius 3 is 2.43 bits per heavy atom. The SMILES string of the molecule is CCCNC(c1ccc(OC)c(Br)c1OC)C(C)OCC. The summed E-state index contributed by atoms with van der Waals surface area (Å²) in [7, 11) is 3.32. The Labute approximate surface area is 136 Å². The number of ether oxygens (including phenoxy) is 3. The molecule has 1 N–H and O–H groups in total. The van der Waals surface area contributed by atoms with Crippen molar-refractivity contribution >= 4 is 15.9 Å². The number of halogens is 1. The van der Waals surface area contributed by atoms with Gasteiger partial charge in [0.05, 0.1) is 26.4 Å². The highest BCUT2D eigenvalue weighted by molar-refractivity contribution is 9.10. The summed E-state index contributed by atoms with van der Waals surface area (Å²) >= 11 is 3.56. The van der Waals surface area contributed by atoms with Crippen molar-refractivity contribution in [1.29, 1.82) is 0 Å². The minimum absolute atomic E-state index is 0.0516. The maximum absolute atomic E-state index is 5.79. The van der Waals surface area contributed by atoms with Crippen LogP contribution >= 0.6 is 15.9 Å². The molecular weight excluding hydrogens is 334 g/mol. The first-order valence-electron chi connectivity index (χ1n) is 7.35. The van der Waals surface area contributed by atoms with Crippen molar-refractivity contribution < 1.29 is 14.2 Å². The summed E-state index contributed by atoms with van der Waals surface area (Å²) in [6.07, 6.45) is 1.12. The van der Waals surface area contributed by atoms with Crippen LogP contribution in [-0.4, -0.2) is 33.5 Å². The first-order valence-corrected chi connectivity index (χ1v) is 8.15. The van der Waals surface area contributed by atoms with Gasteiger partial charge in [-0.05, 0) is 54.9 Å². The van der Waals surface area contributed by atoms with Gasteiger partial charge in [-0.15, -0.1) is 0 Å². The van der Waals surface area contributed by atoms with Crippen LogP contribution < -0.4 is 14.8 Å². The zero-order valence-corrected chi connectivity index (χ0v) is 15.1. The van der Waals surface area contributed by atoms with E-state index in [0.29, 0.717) is 6.61 Å². The standard InChI is InChI=1S/C16H26BrNO3/c1-6-10-18-15(11(3)21-7-2)12-8-9-13(19-4)14(17)16(12)20-5/h8-9,11,15,18H,6-7,10H2,1-5H3. The summed E-state index contributed by atoms with van der Waals surface area (Å²) in [5.41, 5.74) is 1.07. The van der Waals surface area contributed by atoms with Crippen LogP contribution in [0.4, 0.5) is 0 Å². The lowest BCUT2D eigenvalue weighted by Crippen LogP contribution is -2.33. The highest BCUT2D eigenvalue weighted by Crippen LogP contribution is 2.40. The number of hydrogen-bond donors (Lipinski definition) is 1. The van der Waals surface area contributed by atoms with Crippen LogP contribution in [0.5, 0.6) is 11.5 Å². The summed E-state index contributed by atoms with van der Waals surface area (Å²) < 4.78 is 17.5. The molecule has 0 spiro atoms. The molecule has 5 heteroatoms. The average molecular weight is 360 g/mol. The highest BCUT2D eigenvalue weighted by atomic mass is 79.9. The van der Waals surface area contributed by atoms with E-state index < -0.39 is 0 Å². The van der Waals surface area contributed by atoms with Gasteiger partial charge in [-0.3, -0.25) is 0 Å². The molecule has 0 amide bonds. The van der Waals surface area contributed by atoms with Crippen molar-refractivity contribution in [2.45, 2.75) is 39.3 Å². The van der Waals surface area contributed by atoms with Gasteiger partial charge in [0.15, 0.2) is 0 Å². The van der Waals surface area contributed by atoms with Gasteiger partial charge in [0.2, 0.25) is 0 Å². The minimum atomic E-state index is 0.0516. The molecule has 0 aliphatic carbocycles. The second-order valence-electron chi connectivity index (χ2n) is 4.80. The van der Waals surface area contributed by atoms with E-state index in [1.807, 2.05) is 19.1 Å². The lowest BCUT2D eigenvalue weighted by atomic mass is 10.0. The molecule has 1 rings (SSSR count). The van der Waals surface area contributed by atoms with E-state index in [2.05, 4.69) is 35.1 Å². The molecule has 1 aromatic carbocycles. The second-order valence-corrected chi connectivity index (χ2v) is 5.59. The van der Waals surface area contributed by atoms with E-state index in [-0.39, 0.29) is 12.1 Å². The lowest BCUT2D eigenvalue weighted by molar-refractivity contribution is 0.0465. The van der Waals surface area contributed by atoms with Crippen LogP contribution in [0.2, 0.25) is 0 Å². The number of hydrogen-bond acceptors (Lipinski definition) is 4. The number of methoxy groups -OCH3 is 2. The molecular formula is C16H26BrNO3. The fourth-order valence-corrected chi connectivity index (χ4v) is 3.04. The summed E-state index contributed by atoms with van der Waals surface area (Å²) in [6, 6.07) is 4.05. The zero-order chi connectivity index (χ0) is 15.8. The Kier molecular flexibility index (Phi) is 8.07. The largest absolute Gasteiger partial charge is 0.495 e. The first kappa shape index (κ1) is 18.3. The van der Waals surface area contributed by atoms with E-state index in [1.165, 1.54) is 0 Å². The Morgan fingerprint density at radius 2 is 1.90 bits per heavy atom. The monoisotopic (exact) mass is 359 g/mol. The minimum Gasteiger partial charge on any atom is -0.495 e. The molecule has 0 heterocycles. The Bertz CT molecular complexity index is 440. The number of benzene rings is 1. The second kappa shape index (κ2) is 9.28. The van der Waals surface area contributed by atoms with Crippen molar-refractivity contribution in [3.8, 4) is 11.5 Å². The Hall–Kier alpha value is -0.780. The Balaban J connectivity index is 3.19. The molecule has 2 atom stereocenters. The lowest BCUT2D eigenvalue weighted by Gasteiger charge is -2.27. The van der Waals surface area contributed by atoms with Crippen LogP contribution in [0.1, 0.15) is 38.8 Å². The first-order chi connectivity index (χ1) is 10.1. The molecule has 0 fully saturated rings. The third-order valence-electron chi connectivity index (χ3n) is 3.36. The summed E-state index contributed by atoms with van der Waals surface area (Å²) in [4.78, 5) is 0. The number of rotatable bonds is 9. The molecule has 0 bridgehead atoms. The summed E-state index contributed by atoms with van der Waals surface area (Å²) in [5, 5.41) is 3.54. The fourth-order valence-electron chi connectivity index (χ4n) is 2.35. The van der Waals surface area contributed by atoms with Crippen LogP contribution in [0.15, 0.2) is 16.6 Å². The average Bonchev–Trinajstić information content (AvgIpc) is 2.48. The topological polar surface area (TPSA) is 39.7 Å². The van der Waals surface area contributed by atoms with Gasteiger partial charge in [-0.1, -0.05) is 6.92 Å². The van der Waals surface area contributed by atoms with Crippen LogP contribution in [-0.2, 0) is 4.74 Å². The van der Waals surface area contributed by atoms with E-state index >= 15 is 0 Å². The van der Waals surface area contributed by atoms with Crippen LogP contribution in [0.25, 0.3) is 0 Å². The van der Waals surface area contributed by atoms with Gasteiger partial charge in [0.1, 0.15) is 16.0 Å². The molecule has 0 saturated carbocycles. The van der Waals surface area contributed by atoms with Crippen LogP contribution in [0.3, 0.4) is 0 Å². The third kappa shape index (κ3) is 4.59. The molecule has 0 radical (unpaired) electrons. The summed E-state index contributed by atoms with van der Waals surface area (Å²) in [6.45, 7) is 7.85. The predicted molar refractivity (Wildman–Crippen MR) is 89.4 cm³/mol. The molecule has 4 nitrogen and oxygen atoms in total. The van der Waals surface area contributed by atoms with Gasteiger partial charge < -0.3 is 19.5 Å². The van der Waals surface area contributed by atoms with E-state index in [0.717, 1.165) is 34.5 Å². The van der Waals surface area contributed by atoms with E-state index in [9.17, 15) is 0 Å². The normalized spacial score (nSPS) is 13.8. The number of nitrogens with one attached hydrogen (secondary N) is 1.